The molecule has 0 atom stereocenters. The Labute approximate surface area is 84.5 Å². The Kier molecular flexibility index (Phi) is 2.19. The summed E-state index contributed by atoms with van der Waals surface area (Å²) in [6, 6.07) is 0. The Morgan fingerprint density at radius 2 is 1.14 bits per heavy atom. The second kappa shape index (κ2) is 2.95. The maximum atomic E-state index is 11.8. The van der Waals surface area contributed by atoms with Crippen molar-refractivity contribution < 1.29 is 16.8 Å². The van der Waals surface area contributed by atoms with Crippen LogP contribution in [-0.4, -0.2) is 32.4 Å². The molecule has 0 unspecified atom stereocenters. The van der Waals surface area contributed by atoms with Gasteiger partial charge in [-0.3, -0.25) is 0 Å². The first-order valence-corrected chi connectivity index (χ1v) is 8.16. The summed E-state index contributed by atoms with van der Waals surface area (Å²) in [5.41, 5.74) is 0. The predicted molar refractivity (Wildman–Crippen MR) is 53.4 cm³/mol. The molecule has 2 rings (SSSR count). The average Bonchev–Trinajstić information content (AvgIpc) is 2.30. The molecule has 0 bridgehead atoms. The van der Waals surface area contributed by atoms with Crippen molar-refractivity contribution in [2.24, 2.45) is 0 Å². The first-order chi connectivity index (χ1) is 6.41. The molecule has 1 spiro atoms. The van der Waals surface area contributed by atoms with E-state index in [2.05, 4.69) is 0 Å². The lowest BCUT2D eigenvalue weighted by molar-refractivity contribution is 0.442. The molecule has 1 saturated heterocycles. The zero-order valence-corrected chi connectivity index (χ0v) is 9.53. The standard InChI is InChI=1S/C8H14O4S2/c9-13(10)6-7-14(11,12)8(13)4-2-1-3-5-8/h1-7H2. The smallest absolute Gasteiger partial charge is 0.173 e. The molecule has 0 amide bonds. The molecule has 0 aromatic rings. The average molecular weight is 238 g/mol. The minimum atomic E-state index is -3.41. The van der Waals surface area contributed by atoms with E-state index in [-0.39, 0.29) is 11.5 Å². The summed E-state index contributed by atoms with van der Waals surface area (Å²) in [6.07, 6.45) is 3.03. The van der Waals surface area contributed by atoms with Gasteiger partial charge in [-0.05, 0) is 12.8 Å². The Hall–Kier alpha value is -0.100. The molecule has 0 aromatic heterocycles. The summed E-state index contributed by atoms with van der Waals surface area (Å²) in [7, 11) is -6.81. The predicted octanol–water partition coefficient (Wildman–Crippen LogP) is 0.490. The highest BCUT2D eigenvalue weighted by molar-refractivity contribution is 8.13. The molecule has 4 nitrogen and oxygen atoms in total. The minimum absolute atomic E-state index is 0.171. The second-order valence-electron chi connectivity index (χ2n) is 4.11. The van der Waals surface area contributed by atoms with E-state index in [0.29, 0.717) is 12.8 Å². The summed E-state index contributed by atoms with van der Waals surface area (Å²) >= 11 is 0. The number of hydrogen-bond donors (Lipinski definition) is 0. The Morgan fingerprint density at radius 3 is 1.57 bits per heavy atom. The molecule has 82 valence electrons. The van der Waals surface area contributed by atoms with Crippen molar-refractivity contribution in [2.45, 2.75) is 36.2 Å². The third-order valence-electron chi connectivity index (χ3n) is 3.37. The van der Waals surface area contributed by atoms with E-state index < -0.39 is 23.8 Å². The molecule has 0 radical (unpaired) electrons. The molecule has 2 fully saturated rings. The van der Waals surface area contributed by atoms with Crippen LogP contribution in [0, 0.1) is 0 Å². The van der Waals surface area contributed by atoms with Crippen LogP contribution in [-0.2, 0) is 19.7 Å². The largest absolute Gasteiger partial charge is 0.227 e. The van der Waals surface area contributed by atoms with Crippen LogP contribution >= 0.6 is 0 Å². The van der Waals surface area contributed by atoms with Crippen LogP contribution in [0.25, 0.3) is 0 Å². The van der Waals surface area contributed by atoms with E-state index in [9.17, 15) is 16.8 Å². The summed E-state index contributed by atoms with van der Waals surface area (Å²) < 4.78 is 45.7. The van der Waals surface area contributed by atoms with Gasteiger partial charge in [-0.2, -0.15) is 0 Å². The molecule has 1 aliphatic heterocycles. The van der Waals surface area contributed by atoms with Crippen LogP contribution in [0.4, 0.5) is 0 Å². The van der Waals surface area contributed by atoms with Gasteiger partial charge in [-0.25, -0.2) is 16.8 Å². The van der Waals surface area contributed by atoms with Gasteiger partial charge >= 0.3 is 0 Å². The first kappa shape index (κ1) is 10.4. The lowest BCUT2D eigenvalue weighted by Crippen LogP contribution is -2.42. The topological polar surface area (TPSA) is 68.3 Å². The summed E-state index contributed by atoms with van der Waals surface area (Å²) in [6.45, 7) is 0. The van der Waals surface area contributed by atoms with E-state index in [1.807, 2.05) is 0 Å². The highest BCUT2D eigenvalue weighted by atomic mass is 32.3. The molecular weight excluding hydrogens is 224 g/mol. The first-order valence-electron chi connectivity index (χ1n) is 4.86. The SMILES string of the molecule is O=S1(=O)CCS(=O)(=O)C12CCCCC2. The molecule has 6 heteroatoms. The molecule has 0 N–H and O–H groups in total. The van der Waals surface area contributed by atoms with E-state index >= 15 is 0 Å². The van der Waals surface area contributed by atoms with E-state index in [4.69, 9.17) is 0 Å². The summed E-state index contributed by atoms with van der Waals surface area (Å²) in [5.74, 6) is -0.343. The fourth-order valence-electron chi connectivity index (χ4n) is 2.50. The zero-order chi connectivity index (χ0) is 10.4. The molecule has 2 aliphatic rings. The third kappa shape index (κ3) is 1.16. The van der Waals surface area contributed by atoms with E-state index in [1.54, 1.807) is 0 Å². The number of rotatable bonds is 0. The second-order valence-corrected chi connectivity index (χ2v) is 9.21. The van der Waals surface area contributed by atoms with Crippen molar-refractivity contribution >= 4 is 19.7 Å². The Morgan fingerprint density at radius 1 is 0.714 bits per heavy atom. The van der Waals surface area contributed by atoms with Gasteiger partial charge in [0, 0.05) is 0 Å². The third-order valence-corrected chi connectivity index (χ3v) is 9.72. The van der Waals surface area contributed by atoms with Crippen molar-refractivity contribution in [3.05, 3.63) is 0 Å². The van der Waals surface area contributed by atoms with Gasteiger partial charge in [-0.1, -0.05) is 19.3 Å². The Bertz CT molecular complexity index is 390. The van der Waals surface area contributed by atoms with Crippen LogP contribution in [0.3, 0.4) is 0 Å². The van der Waals surface area contributed by atoms with Crippen LogP contribution < -0.4 is 0 Å². The zero-order valence-electron chi connectivity index (χ0n) is 7.90. The normalized spacial score (nSPS) is 33.1. The van der Waals surface area contributed by atoms with Gasteiger partial charge < -0.3 is 0 Å². The Balaban J connectivity index is 2.57. The van der Waals surface area contributed by atoms with Gasteiger partial charge in [0.1, 0.15) is 0 Å². The van der Waals surface area contributed by atoms with Crippen LogP contribution in [0.15, 0.2) is 0 Å². The van der Waals surface area contributed by atoms with Gasteiger partial charge in [0.05, 0.1) is 11.5 Å². The number of sulfone groups is 2. The van der Waals surface area contributed by atoms with Crippen molar-refractivity contribution in [1.82, 2.24) is 0 Å². The van der Waals surface area contributed by atoms with Crippen LogP contribution in [0.2, 0.25) is 0 Å². The lowest BCUT2D eigenvalue weighted by atomic mass is 10.00. The fraction of sp³-hybridized carbons (Fsp3) is 1.00. The molecule has 1 saturated carbocycles. The quantitative estimate of drug-likeness (QED) is 0.616. The number of hydrogen-bond acceptors (Lipinski definition) is 4. The van der Waals surface area contributed by atoms with E-state index in [0.717, 1.165) is 19.3 Å². The van der Waals surface area contributed by atoms with Gasteiger partial charge in [-0.15, -0.1) is 0 Å². The maximum Gasteiger partial charge on any atom is 0.173 e. The van der Waals surface area contributed by atoms with Crippen molar-refractivity contribution in [3.63, 3.8) is 0 Å². The van der Waals surface area contributed by atoms with Crippen LogP contribution in [0.5, 0.6) is 0 Å². The molecule has 14 heavy (non-hydrogen) atoms. The monoisotopic (exact) mass is 238 g/mol. The maximum absolute atomic E-state index is 11.8. The van der Waals surface area contributed by atoms with Gasteiger partial charge in [0.25, 0.3) is 0 Å². The van der Waals surface area contributed by atoms with Crippen molar-refractivity contribution in [1.29, 1.82) is 0 Å². The molecule has 1 heterocycles. The summed E-state index contributed by atoms with van der Waals surface area (Å²) in [5, 5.41) is 0. The fourth-order valence-corrected chi connectivity index (χ4v) is 8.87. The van der Waals surface area contributed by atoms with Gasteiger partial charge in [0.2, 0.25) is 0 Å². The molecule has 1 aliphatic carbocycles. The molecular formula is C8H14O4S2. The summed E-state index contributed by atoms with van der Waals surface area (Å²) in [4.78, 5) is 0. The van der Waals surface area contributed by atoms with Crippen LogP contribution in [0.1, 0.15) is 32.1 Å². The lowest BCUT2D eigenvalue weighted by Gasteiger charge is -2.30. The van der Waals surface area contributed by atoms with E-state index in [1.165, 1.54) is 0 Å². The van der Waals surface area contributed by atoms with Crippen molar-refractivity contribution in [3.8, 4) is 0 Å². The minimum Gasteiger partial charge on any atom is -0.227 e. The van der Waals surface area contributed by atoms with Crippen molar-refractivity contribution in [2.75, 3.05) is 11.5 Å². The van der Waals surface area contributed by atoms with Gasteiger partial charge in [0.15, 0.2) is 23.8 Å². The highest BCUT2D eigenvalue weighted by Gasteiger charge is 2.59. The highest BCUT2D eigenvalue weighted by Crippen LogP contribution is 2.44. The molecule has 0 aromatic carbocycles.